The molecule has 18 heavy (non-hydrogen) atoms. The van der Waals surface area contributed by atoms with Crippen LogP contribution in [0.1, 0.15) is 50.6 Å². The molecule has 2 rings (SSSR count). The summed E-state index contributed by atoms with van der Waals surface area (Å²) in [7, 11) is 0. The minimum absolute atomic E-state index is 0.00315. The van der Waals surface area contributed by atoms with Gasteiger partial charge >= 0.3 is 0 Å². The third-order valence-electron chi connectivity index (χ3n) is 3.86. The Morgan fingerprint density at radius 2 is 1.78 bits per heavy atom. The normalized spacial score (nSPS) is 18.2. The fourth-order valence-electron chi connectivity index (χ4n) is 2.75. The van der Waals surface area contributed by atoms with Gasteiger partial charge in [-0.2, -0.15) is 0 Å². The van der Waals surface area contributed by atoms with Gasteiger partial charge in [0, 0.05) is 12.1 Å². The van der Waals surface area contributed by atoms with E-state index in [9.17, 15) is 8.78 Å². The van der Waals surface area contributed by atoms with Crippen LogP contribution in [0.15, 0.2) is 18.2 Å². The van der Waals surface area contributed by atoms with Crippen molar-refractivity contribution in [3.05, 3.63) is 35.4 Å². The fourth-order valence-corrected chi connectivity index (χ4v) is 2.75. The Morgan fingerprint density at radius 3 is 2.39 bits per heavy atom. The van der Waals surface area contributed by atoms with Crippen molar-refractivity contribution >= 4 is 0 Å². The molecule has 100 valence electrons. The minimum atomic E-state index is -0.505. The second kappa shape index (κ2) is 6.28. The van der Waals surface area contributed by atoms with E-state index in [0.717, 1.165) is 18.5 Å². The lowest BCUT2D eigenvalue weighted by Gasteiger charge is -2.16. The molecule has 0 saturated heterocycles. The zero-order valence-corrected chi connectivity index (χ0v) is 10.9. The van der Waals surface area contributed by atoms with Gasteiger partial charge < -0.3 is 5.32 Å². The Bertz CT molecular complexity index is 366. The highest BCUT2D eigenvalue weighted by Gasteiger charge is 2.15. The summed E-state index contributed by atoms with van der Waals surface area (Å²) in [6.45, 7) is 2.87. The van der Waals surface area contributed by atoms with Crippen LogP contribution in [0, 0.1) is 17.6 Å². The van der Waals surface area contributed by atoms with E-state index in [0.29, 0.717) is 5.56 Å². The fraction of sp³-hybridized carbons (Fsp3) is 0.600. The van der Waals surface area contributed by atoms with Crippen LogP contribution >= 0.6 is 0 Å². The van der Waals surface area contributed by atoms with Gasteiger partial charge in [-0.25, -0.2) is 8.78 Å². The van der Waals surface area contributed by atoms with Crippen LogP contribution in [-0.2, 0) is 0 Å². The standard InChI is InChI=1S/C15H21F2N/c1-11(13-8-14(16)10-15(17)9-13)18-7-6-12-4-2-3-5-12/h8-12,18H,2-7H2,1H3. The van der Waals surface area contributed by atoms with Crippen LogP contribution in [0.3, 0.4) is 0 Å². The van der Waals surface area contributed by atoms with E-state index in [1.807, 2.05) is 6.92 Å². The lowest BCUT2D eigenvalue weighted by molar-refractivity contribution is 0.453. The average Bonchev–Trinajstić information content (AvgIpc) is 2.80. The van der Waals surface area contributed by atoms with Gasteiger partial charge in [0.1, 0.15) is 11.6 Å². The number of nitrogens with one attached hydrogen (secondary N) is 1. The zero-order chi connectivity index (χ0) is 13.0. The van der Waals surface area contributed by atoms with Gasteiger partial charge in [0.15, 0.2) is 0 Å². The molecule has 1 atom stereocenters. The largest absolute Gasteiger partial charge is 0.310 e. The first kappa shape index (κ1) is 13.5. The molecule has 3 heteroatoms. The van der Waals surface area contributed by atoms with Crippen molar-refractivity contribution in [2.75, 3.05) is 6.54 Å². The van der Waals surface area contributed by atoms with Crippen molar-refractivity contribution in [2.45, 2.75) is 45.1 Å². The molecule has 1 unspecified atom stereocenters. The molecule has 0 aromatic heterocycles. The first-order valence-electron chi connectivity index (χ1n) is 6.84. The lowest BCUT2D eigenvalue weighted by Crippen LogP contribution is -2.21. The predicted octanol–water partition coefficient (Wildman–Crippen LogP) is 4.20. The average molecular weight is 253 g/mol. The Hall–Kier alpha value is -0.960. The van der Waals surface area contributed by atoms with Gasteiger partial charge in [-0.3, -0.25) is 0 Å². The van der Waals surface area contributed by atoms with Crippen LogP contribution < -0.4 is 5.32 Å². The van der Waals surface area contributed by atoms with Crippen molar-refractivity contribution in [3.63, 3.8) is 0 Å². The molecule has 1 nitrogen and oxygen atoms in total. The highest BCUT2D eigenvalue weighted by molar-refractivity contribution is 5.20. The van der Waals surface area contributed by atoms with Crippen LogP contribution in [0.25, 0.3) is 0 Å². The summed E-state index contributed by atoms with van der Waals surface area (Å²) in [5.74, 6) is -0.169. The monoisotopic (exact) mass is 253 g/mol. The molecule has 0 amide bonds. The van der Waals surface area contributed by atoms with Gasteiger partial charge in [-0.1, -0.05) is 25.7 Å². The Labute approximate surface area is 108 Å². The lowest BCUT2D eigenvalue weighted by atomic mass is 10.0. The third-order valence-corrected chi connectivity index (χ3v) is 3.86. The van der Waals surface area contributed by atoms with E-state index in [-0.39, 0.29) is 6.04 Å². The molecule has 0 heterocycles. The van der Waals surface area contributed by atoms with Crippen molar-refractivity contribution in [3.8, 4) is 0 Å². The Kier molecular flexibility index (Phi) is 4.70. The summed E-state index contributed by atoms with van der Waals surface area (Å²) in [6, 6.07) is 3.71. The smallest absolute Gasteiger partial charge is 0.126 e. The molecule has 0 spiro atoms. The first-order valence-corrected chi connectivity index (χ1v) is 6.84. The Morgan fingerprint density at radius 1 is 1.17 bits per heavy atom. The van der Waals surface area contributed by atoms with Crippen LogP contribution in [0.2, 0.25) is 0 Å². The number of halogens is 2. The quantitative estimate of drug-likeness (QED) is 0.829. The number of hydrogen-bond donors (Lipinski definition) is 1. The Balaban J connectivity index is 1.81. The van der Waals surface area contributed by atoms with Crippen LogP contribution in [-0.4, -0.2) is 6.54 Å². The number of benzene rings is 1. The van der Waals surface area contributed by atoms with Crippen LogP contribution in [0.5, 0.6) is 0 Å². The molecule has 1 fully saturated rings. The molecule has 1 aromatic carbocycles. The molecular weight excluding hydrogens is 232 g/mol. The summed E-state index contributed by atoms with van der Waals surface area (Å²) in [5, 5.41) is 3.35. The van der Waals surface area contributed by atoms with Crippen molar-refractivity contribution in [2.24, 2.45) is 5.92 Å². The van der Waals surface area contributed by atoms with E-state index in [4.69, 9.17) is 0 Å². The number of hydrogen-bond acceptors (Lipinski definition) is 1. The van der Waals surface area contributed by atoms with E-state index in [2.05, 4.69) is 5.32 Å². The second-order valence-electron chi connectivity index (χ2n) is 5.32. The van der Waals surface area contributed by atoms with Gasteiger partial charge in [0.05, 0.1) is 0 Å². The van der Waals surface area contributed by atoms with Gasteiger partial charge in [0.2, 0.25) is 0 Å². The molecule has 0 radical (unpaired) electrons. The van der Waals surface area contributed by atoms with Gasteiger partial charge in [-0.05, 0) is 43.5 Å². The predicted molar refractivity (Wildman–Crippen MR) is 69.4 cm³/mol. The third kappa shape index (κ3) is 3.77. The summed E-state index contributed by atoms with van der Waals surface area (Å²) in [4.78, 5) is 0. The molecule has 1 saturated carbocycles. The first-order chi connectivity index (χ1) is 8.65. The van der Waals surface area contributed by atoms with Crippen molar-refractivity contribution in [1.82, 2.24) is 5.32 Å². The molecule has 1 aromatic rings. The van der Waals surface area contributed by atoms with E-state index in [1.54, 1.807) is 0 Å². The number of rotatable bonds is 5. The topological polar surface area (TPSA) is 12.0 Å². The molecule has 1 aliphatic carbocycles. The molecule has 0 bridgehead atoms. The summed E-state index contributed by atoms with van der Waals surface area (Å²) in [6.07, 6.45) is 6.56. The highest BCUT2D eigenvalue weighted by Crippen LogP contribution is 2.27. The van der Waals surface area contributed by atoms with Crippen LogP contribution in [0.4, 0.5) is 8.78 Å². The summed E-state index contributed by atoms with van der Waals surface area (Å²) < 4.78 is 26.2. The molecule has 1 N–H and O–H groups in total. The molecule has 0 aliphatic heterocycles. The van der Waals surface area contributed by atoms with Crippen molar-refractivity contribution < 1.29 is 8.78 Å². The van der Waals surface area contributed by atoms with E-state index in [1.165, 1.54) is 44.2 Å². The van der Waals surface area contributed by atoms with E-state index < -0.39 is 11.6 Å². The maximum Gasteiger partial charge on any atom is 0.126 e. The SMILES string of the molecule is CC(NCCC1CCCC1)c1cc(F)cc(F)c1. The maximum absolute atomic E-state index is 13.1. The molecular formula is C15H21F2N. The maximum atomic E-state index is 13.1. The van der Waals surface area contributed by atoms with Crippen molar-refractivity contribution in [1.29, 1.82) is 0 Å². The second-order valence-corrected chi connectivity index (χ2v) is 5.32. The zero-order valence-electron chi connectivity index (χ0n) is 10.9. The van der Waals surface area contributed by atoms with E-state index >= 15 is 0 Å². The van der Waals surface area contributed by atoms with Gasteiger partial charge in [0.25, 0.3) is 0 Å². The summed E-state index contributed by atoms with van der Waals surface area (Å²) >= 11 is 0. The molecule has 1 aliphatic rings. The highest BCUT2D eigenvalue weighted by atomic mass is 19.1. The summed E-state index contributed by atoms with van der Waals surface area (Å²) in [5.41, 5.74) is 0.680. The minimum Gasteiger partial charge on any atom is -0.310 e. The van der Waals surface area contributed by atoms with Gasteiger partial charge in [-0.15, -0.1) is 0 Å².